The summed E-state index contributed by atoms with van der Waals surface area (Å²) in [4.78, 5) is 0. The van der Waals surface area contributed by atoms with Crippen LogP contribution >= 0.6 is 0 Å². The second kappa shape index (κ2) is 8.58. The van der Waals surface area contributed by atoms with E-state index >= 15 is 0 Å². The molecule has 0 aromatic heterocycles. The molecule has 0 spiro atoms. The van der Waals surface area contributed by atoms with E-state index in [1.807, 2.05) is 0 Å². The van der Waals surface area contributed by atoms with Crippen LogP contribution in [0.15, 0.2) is 34.8 Å². The van der Waals surface area contributed by atoms with Crippen LogP contribution in [0.2, 0.25) is 0 Å². The van der Waals surface area contributed by atoms with Crippen LogP contribution in [0.25, 0.3) is 22.3 Å². The predicted molar refractivity (Wildman–Crippen MR) is 102 cm³/mol. The maximum Gasteiger partial charge on any atom is 0.573 e. The Bertz CT molecular complexity index is 1460. The summed E-state index contributed by atoms with van der Waals surface area (Å²) in [6, 6.07) is 9.96. The number of allylic oxidation sites excluding steroid dienone is 6. The minimum atomic E-state index is -5.38. The molecule has 1 aromatic carbocycles. The Morgan fingerprint density at radius 3 is 1.11 bits per heavy atom. The Morgan fingerprint density at radius 1 is 0.556 bits per heavy atom. The number of fused-ring (bicyclic) bond motifs is 2. The molecule has 0 saturated heterocycles. The van der Waals surface area contributed by atoms with Gasteiger partial charge in [-0.1, -0.05) is 0 Å². The molecule has 0 radical (unpaired) electrons. The zero-order chi connectivity index (χ0) is 27.0. The van der Waals surface area contributed by atoms with Crippen molar-refractivity contribution >= 4 is 22.3 Å². The summed E-state index contributed by atoms with van der Waals surface area (Å²) < 4.78 is 86.4. The molecule has 36 heavy (non-hydrogen) atoms. The first kappa shape index (κ1) is 24.9. The van der Waals surface area contributed by atoms with Gasteiger partial charge in [0.1, 0.15) is 58.7 Å². The SMILES string of the molecule is N#CC(C#N)=C1C(OC(F)(F)F)=C(C#N)c2cc3c(cc21)C(=C(C#N)C#N)C(OC(F)(F)F)=C3C#N. The second-order valence-corrected chi connectivity index (χ2v) is 6.62. The van der Waals surface area contributed by atoms with Crippen molar-refractivity contribution in [2.45, 2.75) is 12.7 Å². The Morgan fingerprint density at radius 2 is 0.861 bits per heavy atom. The average Bonchev–Trinajstić information content (AvgIpc) is 3.23. The Kier molecular flexibility index (Phi) is 5.94. The molecule has 1 aromatic rings. The first-order valence-electron chi connectivity index (χ1n) is 8.95. The summed E-state index contributed by atoms with van der Waals surface area (Å²) in [6.07, 6.45) is -10.8. The van der Waals surface area contributed by atoms with Crippen LogP contribution in [-0.2, 0) is 9.47 Å². The highest BCUT2D eigenvalue weighted by Gasteiger charge is 2.44. The molecule has 174 valence electrons. The summed E-state index contributed by atoms with van der Waals surface area (Å²) in [6.45, 7) is 0. The number of hydrogen-bond acceptors (Lipinski definition) is 8. The summed E-state index contributed by atoms with van der Waals surface area (Å²) in [5.74, 6) is -2.44. The van der Waals surface area contributed by atoms with E-state index in [9.17, 15) is 57.9 Å². The highest BCUT2D eigenvalue weighted by molar-refractivity contribution is 6.11. The molecule has 0 amide bonds. The molecule has 14 heteroatoms. The Hall–Kier alpha value is -5.70. The topological polar surface area (TPSA) is 161 Å². The molecular formula is C22H2F6N6O2. The lowest BCUT2D eigenvalue weighted by Gasteiger charge is -2.13. The first-order valence-corrected chi connectivity index (χ1v) is 8.95. The minimum Gasteiger partial charge on any atom is -0.404 e. The molecule has 2 aliphatic rings. The Balaban J connectivity index is 2.53. The maximum absolute atomic E-state index is 13.1. The van der Waals surface area contributed by atoms with Crippen molar-refractivity contribution in [1.29, 1.82) is 31.6 Å². The molecule has 0 saturated carbocycles. The number of halogens is 6. The van der Waals surface area contributed by atoms with E-state index in [0.29, 0.717) is 0 Å². The van der Waals surface area contributed by atoms with E-state index in [-0.39, 0.29) is 0 Å². The van der Waals surface area contributed by atoms with Crippen molar-refractivity contribution in [3.8, 4) is 36.4 Å². The van der Waals surface area contributed by atoms with Gasteiger partial charge in [0.15, 0.2) is 11.5 Å². The molecular weight excluding hydrogens is 494 g/mol. The van der Waals surface area contributed by atoms with Gasteiger partial charge in [-0.3, -0.25) is 0 Å². The summed E-state index contributed by atoms with van der Waals surface area (Å²) in [7, 11) is 0. The third-order valence-corrected chi connectivity index (χ3v) is 4.75. The fourth-order valence-electron chi connectivity index (χ4n) is 3.59. The zero-order valence-electron chi connectivity index (χ0n) is 16.9. The number of hydrogen-bond donors (Lipinski definition) is 0. The largest absolute Gasteiger partial charge is 0.573 e. The van der Waals surface area contributed by atoms with E-state index in [1.165, 1.54) is 36.4 Å². The third kappa shape index (κ3) is 4.03. The number of nitriles is 6. The summed E-state index contributed by atoms with van der Waals surface area (Å²) in [5, 5.41) is 56.2. The molecule has 3 rings (SSSR count). The van der Waals surface area contributed by atoms with Crippen molar-refractivity contribution in [2.75, 3.05) is 0 Å². The molecule has 0 unspecified atom stereocenters. The van der Waals surface area contributed by atoms with Gasteiger partial charge in [0.05, 0.1) is 11.1 Å². The summed E-state index contributed by atoms with van der Waals surface area (Å²) in [5.41, 5.74) is -6.84. The van der Waals surface area contributed by atoms with E-state index < -0.39 is 79.9 Å². The lowest BCUT2D eigenvalue weighted by atomic mass is 9.92. The van der Waals surface area contributed by atoms with Crippen LogP contribution < -0.4 is 0 Å². The highest BCUT2D eigenvalue weighted by Crippen LogP contribution is 2.52. The van der Waals surface area contributed by atoms with Crippen LogP contribution in [0.4, 0.5) is 26.3 Å². The van der Waals surface area contributed by atoms with Crippen LogP contribution in [-0.4, -0.2) is 12.7 Å². The number of nitrogens with zero attached hydrogens (tertiary/aromatic N) is 6. The minimum absolute atomic E-state index is 0.413. The smallest absolute Gasteiger partial charge is 0.404 e. The van der Waals surface area contributed by atoms with Crippen molar-refractivity contribution in [3.05, 3.63) is 57.1 Å². The van der Waals surface area contributed by atoms with Crippen LogP contribution in [0.5, 0.6) is 0 Å². The van der Waals surface area contributed by atoms with Crippen molar-refractivity contribution < 1.29 is 35.8 Å². The van der Waals surface area contributed by atoms with Gasteiger partial charge in [0, 0.05) is 11.1 Å². The van der Waals surface area contributed by atoms with Crippen LogP contribution in [0.1, 0.15) is 22.3 Å². The van der Waals surface area contributed by atoms with Gasteiger partial charge in [-0.2, -0.15) is 31.6 Å². The third-order valence-electron chi connectivity index (χ3n) is 4.75. The van der Waals surface area contributed by atoms with Crippen LogP contribution in [0, 0.1) is 68.0 Å². The molecule has 8 nitrogen and oxygen atoms in total. The number of alkyl halides is 6. The van der Waals surface area contributed by atoms with Gasteiger partial charge in [0.25, 0.3) is 0 Å². The second-order valence-electron chi connectivity index (χ2n) is 6.62. The standard InChI is InChI=1S/C22H2F6N6O2/c23-21(24,25)35-19-15(7-33)11-1-12-14(2-13(11)17(19)9(3-29)4-30)18(10(5-31)6-32)20(16(12)8-34)36-22(26,27)28/h1-2H. The van der Waals surface area contributed by atoms with E-state index in [0.717, 1.165) is 12.1 Å². The molecule has 0 N–H and O–H groups in total. The molecule has 0 bridgehead atoms. The van der Waals surface area contributed by atoms with Crippen LogP contribution in [0.3, 0.4) is 0 Å². The first-order chi connectivity index (χ1) is 16.8. The van der Waals surface area contributed by atoms with Gasteiger partial charge in [0.2, 0.25) is 0 Å². The Labute approximate surface area is 196 Å². The van der Waals surface area contributed by atoms with E-state index in [4.69, 9.17) is 0 Å². The molecule has 0 aliphatic heterocycles. The quantitative estimate of drug-likeness (QED) is 0.414. The van der Waals surface area contributed by atoms with Crippen molar-refractivity contribution in [2.24, 2.45) is 0 Å². The molecule has 0 atom stereocenters. The van der Waals surface area contributed by atoms with Gasteiger partial charge in [-0.05, 0) is 23.3 Å². The lowest BCUT2D eigenvalue weighted by molar-refractivity contribution is -0.303. The van der Waals surface area contributed by atoms with E-state index in [1.54, 1.807) is 0 Å². The highest BCUT2D eigenvalue weighted by atomic mass is 19.4. The van der Waals surface area contributed by atoms with Gasteiger partial charge in [-0.25, -0.2) is 0 Å². The normalized spacial score (nSPS) is 13.9. The fourth-order valence-corrected chi connectivity index (χ4v) is 3.59. The summed E-state index contributed by atoms with van der Waals surface area (Å²) >= 11 is 0. The molecule has 0 heterocycles. The number of ether oxygens (including phenoxy) is 2. The molecule has 2 aliphatic carbocycles. The van der Waals surface area contributed by atoms with Gasteiger partial charge < -0.3 is 9.47 Å². The average molecular weight is 496 g/mol. The van der Waals surface area contributed by atoms with Crippen molar-refractivity contribution in [1.82, 2.24) is 0 Å². The number of benzene rings is 1. The van der Waals surface area contributed by atoms with Crippen molar-refractivity contribution in [3.63, 3.8) is 0 Å². The lowest BCUT2D eigenvalue weighted by Crippen LogP contribution is -2.14. The maximum atomic E-state index is 13.1. The van der Waals surface area contributed by atoms with Gasteiger partial charge in [-0.15, -0.1) is 26.3 Å². The fraction of sp³-hybridized carbons (Fsp3) is 0.0909. The zero-order valence-corrected chi connectivity index (χ0v) is 16.9. The monoisotopic (exact) mass is 496 g/mol. The molecule has 0 fully saturated rings. The van der Waals surface area contributed by atoms with Gasteiger partial charge >= 0.3 is 12.7 Å². The van der Waals surface area contributed by atoms with E-state index in [2.05, 4.69) is 9.47 Å². The number of rotatable bonds is 2. The predicted octanol–water partition coefficient (Wildman–Crippen LogP) is 4.86.